The Labute approximate surface area is 148 Å². The molecule has 1 heterocycles. The molecule has 1 N–H and O–H groups in total. The van der Waals surface area contributed by atoms with Gasteiger partial charge in [-0.2, -0.15) is 0 Å². The Morgan fingerprint density at radius 3 is 2.60 bits per heavy atom. The smallest absolute Gasteiger partial charge is 0.333 e. The van der Waals surface area contributed by atoms with Gasteiger partial charge in [-0.15, -0.1) is 0 Å². The number of carboxylic acids is 1. The maximum absolute atomic E-state index is 11.1. The minimum Gasteiger partial charge on any atom is -0.492 e. The van der Waals surface area contributed by atoms with Crippen molar-refractivity contribution < 1.29 is 19.4 Å². The van der Waals surface area contributed by atoms with Crippen molar-refractivity contribution in [3.63, 3.8) is 0 Å². The standard InChI is InChI=1S/C19H24N2O4/c1-3-24-17(19(22)23)14-15-7-9-16(10-8-15)25-13-12-21(2)18-6-4-5-11-20-18/h4-11,17H,3,12-14H2,1-2H3,(H,22,23). The van der Waals surface area contributed by atoms with E-state index in [1.54, 1.807) is 13.1 Å². The maximum Gasteiger partial charge on any atom is 0.333 e. The fraction of sp³-hybridized carbons (Fsp3) is 0.368. The summed E-state index contributed by atoms with van der Waals surface area (Å²) in [6.07, 6.45) is 1.29. The highest BCUT2D eigenvalue weighted by molar-refractivity contribution is 5.72. The fourth-order valence-electron chi connectivity index (χ4n) is 2.35. The highest BCUT2D eigenvalue weighted by Gasteiger charge is 2.17. The third-order valence-corrected chi connectivity index (χ3v) is 3.72. The van der Waals surface area contributed by atoms with Crippen LogP contribution in [0, 0.1) is 0 Å². The van der Waals surface area contributed by atoms with Gasteiger partial charge in [0.05, 0.1) is 6.54 Å². The summed E-state index contributed by atoms with van der Waals surface area (Å²) >= 11 is 0. The highest BCUT2D eigenvalue weighted by Crippen LogP contribution is 2.15. The van der Waals surface area contributed by atoms with Crippen LogP contribution >= 0.6 is 0 Å². The van der Waals surface area contributed by atoms with Gasteiger partial charge in [0.1, 0.15) is 18.2 Å². The zero-order valence-electron chi connectivity index (χ0n) is 14.6. The summed E-state index contributed by atoms with van der Waals surface area (Å²) in [4.78, 5) is 17.4. The summed E-state index contributed by atoms with van der Waals surface area (Å²) in [6.45, 7) is 3.41. The van der Waals surface area contributed by atoms with Crippen molar-refractivity contribution in [1.82, 2.24) is 4.98 Å². The van der Waals surface area contributed by atoms with E-state index in [4.69, 9.17) is 14.6 Å². The topological polar surface area (TPSA) is 71.9 Å². The van der Waals surface area contributed by atoms with Crippen LogP contribution in [0.5, 0.6) is 5.75 Å². The molecule has 0 fully saturated rings. The number of aliphatic carboxylic acids is 1. The van der Waals surface area contributed by atoms with Gasteiger partial charge < -0.3 is 19.5 Å². The number of anilines is 1. The number of aromatic nitrogens is 1. The zero-order chi connectivity index (χ0) is 18.1. The first-order chi connectivity index (χ1) is 12.1. The normalized spacial score (nSPS) is 11.8. The predicted octanol–water partition coefficient (Wildman–Crippen LogP) is 2.63. The molecule has 0 aliphatic heterocycles. The van der Waals surface area contributed by atoms with Crippen LogP contribution in [-0.2, 0) is 16.0 Å². The third-order valence-electron chi connectivity index (χ3n) is 3.72. The van der Waals surface area contributed by atoms with Crippen LogP contribution in [-0.4, -0.2) is 49.0 Å². The molecule has 0 saturated heterocycles. The Morgan fingerprint density at radius 1 is 1.24 bits per heavy atom. The van der Waals surface area contributed by atoms with Gasteiger partial charge >= 0.3 is 5.97 Å². The number of hydrogen-bond acceptors (Lipinski definition) is 5. The van der Waals surface area contributed by atoms with E-state index in [1.165, 1.54) is 0 Å². The van der Waals surface area contributed by atoms with E-state index in [1.807, 2.05) is 54.4 Å². The van der Waals surface area contributed by atoms with E-state index in [0.717, 1.165) is 17.1 Å². The number of carboxylic acid groups (broad SMARTS) is 1. The summed E-state index contributed by atoms with van der Waals surface area (Å²) < 4.78 is 11.0. The van der Waals surface area contributed by atoms with Crippen LogP contribution < -0.4 is 9.64 Å². The molecule has 1 unspecified atom stereocenters. The molecule has 134 valence electrons. The first-order valence-corrected chi connectivity index (χ1v) is 8.28. The molecule has 0 saturated carbocycles. The van der Waals surface area contributed by atoms with Crippen molar-refractivity contribution >= 4 is 11.8 Å². The molecule has 1 atom stereocenters. The molecule has 1 aromatic heterocycles. The van der Waals surface area contributed by atoms with Crippen molar-refractivity contribution in [2.75, 3.05) is 31.7 Å². The minimum absolute atomic E-state index is 0.339. The molecule has 0 radical (unpaired) electrons. The van der Waals surface area contributed by atoms with Crippen molar-refractivity contribution in [1.29, 1.82) is 0 Å². The number of ether oxygens (including phenoxy) is 2. The number of nitrogens with zero attached hydrogens (tertiary/aromatic N) is 2. The van der Waals surface area contributed by atoms with Crippen LogP contribution in [0.25, 0.3) is 0 Å². The molecule has 0 bridgehead atoms. The van der Waals surface area contributed by atoms with Crippen LogP contribution in [0.15, 0.2) is 48.7 Å². The molecule has 1 aromatic carbocycles. The summed E-state index contributed by atoms with van der Waals surface area (Å²) in [5.74, 6) is 0.707. The third kappa shape index (κ3) is 6.08. The lowest BCUT2D eigenvalue weighted by Crippen LogP contribution is -2.26. The van der Waals surface area contributed by atoms with E-state index >= 15 is 0 Å². The number of likely N-dealkylation sites (N-methyl/N-ethyl adjacent to an activating group) is 1. The number of benzene rings is 1. The van der Waals surface area contributed by atoms with Gasteiger partial charge in [-0.3, -0.25) is 0 Å². The van der Waals surface area contributed by atoms with Gasteiger partial charge in [-0.1, -0.05) is 18.2 Å². The van der Waals surface area contributed by atoms with E-state index < -0.39 is 12.1 Å². The second-order valence-electron chi connectivity index (χ2n) is 5.59. The molecular weight excluding hydrogens is 320 g/mol. The maximum atomic E-state index is 11.1. The Morgan fingerprint density at radius 2 is 2.00 bits per heavy atom. The number of carbonyl (C=O) groups is 1. The number of rotatable bonds is 10. The van der Waals surface area contributed by atoms with Crippen LogP contribution in [0.2, 0.25) is 0 Å². The second-order valence-corrected chi connectivity index (χ2v) is 5.59. The molecule has 0 aliphatic rings. The molecule has 6 nitrogen and oxygen atoms in total. The van der Waals surface area contributed by atoms with Crippen molar-refractivity contribution in [2.45, 2.75) is 19.4 Å². The van der Waals surface area contributed by atoms with Crippen LogP contribution in [0.1, 0.15) is 12.5 Å². The summed E-state index contributed by atoms with van der Waals surface area (Å²) in [7, 11) is 1.97. The Hall–Kier alpha value is -2.60. The summed E-state index contributed by atoms with van der Waals surface area (Å²) in [5.41, 5.74) is 0.902. The predicted molar refractivity (Wildman–Crippen MR) is 96.2 cm³/mol. The fourth-order valence-corrected chi connectivity index (χ4v) is 2.35. The lowest BCUT2D eigenvalue weighted by molar-refractivity contribution is -0.149. The van der Waals surface area contributed by atoms with Crippen LogP contribution in [0.3, 0.4) is 0 Å². The van der Waals surface area contributed by atoms with E-state index in [-0.39, 0.29) is 0 Å². The average molecular weight is 344 g/mol. The van der Waals surface area contributed by atoms with Gasteiger partial charge in [0.25, 0.3) is 0 Å². The summed E-state index contributed by atoms with van der Waals surface area (Å²) in [6, 6.07) is 13.2. The van der Waals surface area contributed by atoms with Gasteiger partial charge in [0, 0.05) is 26.3 Å². The zero-order valence-corrected chi connectivity index (χ0v) is 14.6. The average Bonchev–Trinajstić information content (AvgIpc) is 2.63. The summed E-state index contributed by atoms with van der Waals surface area (Å²) in [5, 5.41) is 9.12. The molecule has 25 heavy (non-hydrogen) atoms. The van der Waals surface area contributed by atoms with Gasteiger partial charge in [-0.05, 0) is 36.8 Å². The molecule has 0 spiro atoms. The largest absolute Gasteiger partial charge is 0.492 e. The van der Waals surface area contributed by atoms with E-state index in [9.17, 15) is 4.79 Å². The first kappa shape index (κ1) is 18.7. The Bertz CT molecular complexity index is 646. The SMILES string of the molecule is CCOC(Cc1ccc(OCCN(C)c2ccccn2)cc1)C(=O)O. The van der Waals surface area contributed by atoms with Crippen molar-refractivity contribution in [3.05, 3.63) is 54.2 Å². The Balaban J connectivity index is 1.81. The number of hydrogen-bond donors (Lipinski definition) is 1. The highest BCUT2D eigenvalue weighted by atomic mass is 16.5. The van der Waals surface area contributed by atoms with Gasteiger partial charge in [0.2, 0.25) is 0 Å². The quantitative estimate of drug-likeness (QED) is 0.714. The first-order valence-electron chi connectivity index (χ1n) is 8.28. The Kier molecular flexibility index (Phi) is 7.22. The minimum atomic E-state index is -0.945. The number of pyridine rings is 1. The van der Waals surface area contributed by atoms with Crippen molar-refractivity contribution in [3.8, 4) is 5.75 Å². The lowest BCUT2D eigenvalue weighted by Gasteiger charge is -2.18. The molecule has 6 heteroatoms. The van der Waals surface area contributed by atoms with E-state index in [2.05, 4.69) is 4.98 Å². The molecule has 2 rings (SSSR count). The molecule has 0 aliphatic carbocycles. The van der Waals surface area contributed by atoms with Crippen LogP contribution in [0.4, 0.5) is 5.82 Å². The monoisotopic (exact) mass is 344 g/mol. The lowest BCUT2D eigenvalue weighted by atomic mass is 10.1. The molecular formula is C19H24N2O4. The van der Waals surface area contributed by atoms with Gasteiger partial charge in [-0.25, -0.2) is 9.78 Å². The molecule has 0 amide bonds. The van der Waals surface area contributed by atoms with E-state index in [0.29, 0.717) is 26.2 Å². The molecule has 2 aromatic rings. The van der Waals surface area contributed by atoms with Gasteiger partial charge in [0.15, 0.2) is 6.10 Å². The second kappa shape index (κ2) is 9.64. The van der Waals surface area contributed by atoms with Crippen molar-refractivity contribution in [2.24, 2.45) is 0 Å².